The van der Waals surface area contributed by atoms with Crippen molar-refractivity contribution in [3.63, 3.8) is 0 Å². The molecule has 0 spiro atoms. The summed E-state index contributed by atoms with van der Waals surface area (Å²) in [6.45, 7) is 10.3. The van der Waals surface area contributed by atoms with Crippen molar-refractivity contribution in [3.8, 4) is 5.75 Å². The van der Waals surface area contributed by atoms with Crippen LogP contribution >= 0.6 is 0 Å². The monoisotopic (exact) mass is 337 g/mol. The van der Waals surface area contributed by atoms with Crippen LogP contribution in [0, 0.1) is 6.92 Å². The Balaban J connectivity index is 2.51. The number of rotatable bonds is 10. The minimum Gasteiger partial charge on any atom is -0.507 e. The number of aryl methyl sites for hydroxylation is 1. The van der Waals surface area contributed by atoms with Crippen LogP contribution in [-0.4, -0.2) is 41.1 Å². The van der Waals surface area contributed by atoms with Gasteiger partial charge in [0.2, 0.25) is 0 Å². The van der Waals surface area contributed by atoms with Crippen LogP contribution in [0.1, 0.15) is 63.1 Å². The van der Waals surface area contributed by atoms with E-state index in [4.69, 9.17) is 5.11 Å². The lowest BCUT2D eigenvalue weighted by Crippen LogP contribution is -2.20. The first kappa shape index (κ1) is 20.9. The van der Waals surface area contributed by atoms with Crippen molar-refractivity contribution in [3.05, 3.63) is 28.8 Å². The van der Waals surface area contributed by atoms with E-state index in [1.807, 2.05) is 19.1 Å². The van der Waals surface area contributed by atoms with Crippen LogP contribution in [0.15, 0.2) is 12.1 Å². The van der Waals surface area contributed by atoms with Gasteiger partial charge in [-0.3, -0.25) is 0 Å². The summed E-state index contributed by atoms with van der Waals surface area (Å²) in [6, 6.07) is 4.02. The van der Waals surface area contributed by atoms with Crippen LogP contribution in [0.25, 0.3) is 0 Å². The number of benzene rings is 1. The summed E-state index contributed by atoms with van der Waals surface area (Å²) < 4.78 is 0. The van der Waals surface area contributed by atoms with E-state index >= 15 is 0 Å². The minimum atomic E-state index is -0.441. The quantitative estimate of drug-likeness (QED) is 0.495. The molecule has 4 nitrogen and oxygen atoms in total. The summed E-state index contributed by atoms with van der Waals surface area (Å²) in [5.41, 5.74) is 2.71. The van der Waals surface area contributed by atoms with E-state index in [-0.39, 0.29) is 12.0 Å². The summed E-state index contributed by atoms with van der Waals surface area (Å²) in [4.78, 5) is 0. The van der Waals surface area contributed by atoms with E-state index < -0.39 is 6.10 Å². The summed E-state index contributed by atoms with van der Waals surface area (Å²) in [5.74, 6) is 0.337. The molecule has 4 heteroatoms. The molecule has 1 aromatic rings. The Morgan fingerprint density at radius 2 is 1.75 bits per heavy atom. The second kappa shape index (κ2) is 10.0. The molecule has 1 unspecified atom stereocenters. The van der Waals surface area contributed by atoms with Crippen molar-refractivity contribution in [1.82, 2.24) is 5.32 Å². The molecule has 0 aliphatic rings. The largest absolute Gasteiger partial charge is 0.507 e. The highest BCUT2D eigenvalue weighted by Crippen LogP contribution is 2.35. The van der Waals surface area contributed by atoms with Gasteiger partial charge in [-0.2, -0.15) is 0 Å². The molecule has 0 bridgehead atoms. The molecular formula is C20H35NO3. The van der Waals surface area contributed by atoms with Crippen molar-refractivity contribution in [2.45, 2.75) is 71.3 Å². The van der Waals surface area contributed by atoms with Gasteiger partial charge in [0.05, 0.1) is 6.10 Å². The number of aliphatic hydroxyl groups is 2. The summed E-state index contributed by atoms with van der Waals surface area (Å²) in [5, 5.41) is 33.0. The first-order valence-corrected chi connectivity index (χ1v) is 9.09. The number of hydrogen-bond donors (Lipinski definition) is 4. The molecule has 0 radical (unpaired) electrons. The standard InChI is InChI=1S/C20H35NO3/c1-15-9-10-18(20(2,3)4)19(24)17(15)14-16(23)8-7-12-21-11-5-6-13-22/h9-10,16,21-24H,5-8,11-14H2,1-4H3. The molecule has 0 saturated carbocycles. The third kappa shape index (κ3) is 6.80. The number of nitrogens with one attached hydrogen (secondary N) is 1. The zero-order chi connectivity index (χ0) is 18.2. The SMILES string of the molecule is Cc1ccc(C(C)(C)C)c(O)c1CC(O)CCCNCCCCO. The van der Waals surface area contributed by atoms with Gasteiger partial charge in [0, 0.05) is 13.0 Å². The lowest BCUT2D eigenvalue weighted by Gasteiger charge is -2.24. The number of phenols is 1. The molecule has 0 saturated heterocycles. The first-order valence-electron chi connectivity index (χ1n) is 9.09. The second-order valence-electron chi connectivity index (χ2n) is 7.69. The Kier molecular flexibility index (Phi) is 8.74. The van der Waals surface area contributed by atoms with Gasteiger partial charge in [-0.25, -0.2) is 0 Å². The maximum atomic E-state index is 10.6. The number of hydrogen-bond acceptors (Lipinski definition) is 4. The molecule has 0 heterocycles. The van der Waals surface area contributed by atoms with Gasteiger partial charge in [0.1, 0.15) is 5.75 Å². The fourth-order valence-corrected chi connectivity index (χ4v) is 2.89. The molecule has 138 valence electrons. The third-order valence-electron chi connectivity index (χ3n) is 4.42. The van der Waals surface area contributed by atoms with Gasteiger partial charge in [0.15, 0.2) is 0 Å². The van der Waals surface area contributed by atoms with Crippen molar-refractivity contribution < 1.29 is 15.3 Å². The molecule has 0 aliphatic carbocycles. The lowest BCUT2D eigenvalue weighted by molar-refractivity contribution is 0.160. The van der Waals surface area contributed by atoms with Crippen LogP contribution in [0.3, 0.4) is 0 Å². The average Bonchev–Trinajstić information content (AvgIpc) is 2.49. The highest BCUT2D eigenvalue weighted by atomic mass is 16.3. The van der Waals surface area contributed by atoms with Crippen LogP contribution in [0.2, 0.25) is 0 Å². The topological polar surface area (TPSA) is 72.7 Å². The molecule has 0 fully saturated rings. The Morgan fingerprint density at radius 3 is 2.38 bits per heavy atom. The van der Waals surface area contributed by atoms with E-state index in [2.05, 4.69) is 26.1 Å². The summed E-state index contributed by atoms with van der Waals surface area (Å²) in [7, 11) is 0. The van der Waals surface area contributed by atoms with Crippen molar-refractivity contribution in [2.24, 2.45) is 0 Å². The van der Waals surface area contributed by atoms with E-state index in [9.17, 15) is 10.2 Å². The second-order valence-corrected chi connectivity index (χ2v) is 7.69. The van der Waals surface area contributed by atoms with Gasteiger partial charge < -0.3 is 20.6 Å². The maximum absolute atomic E-state index is 10.6. The molecular weight excluding hydrogens is 302 g/mol. The van der Waals surface area contributed by atoms with Gasteiger partial charge in [0.25, 0.3) is 0 Å². The molecule has 0 aromatic heterocycles. The van der Waals surface area contributed by atoms with Crippen LogP contribution < -0.4 is 5.32 Å². The zero-order valence-corrected chi connectivity index (χ0v) is 15.7. The molecule has 24 heavy (non-hydrogen) atoms. The van der Waals surface area contributed by atoms with Gasteiger partial charge in [-0.15, -0.1) is 0 Å². The van der Waals surface area contributed by atoms with E-state index in [1.54, 1.807) is 0 Å². The predicted octanol–water partition coefficient (Wildman–Crippen LogP) is 3.04. The molecule has 1 rings (SSSR count). The summed E-state index contributed by atoms with van der Waals surface area (Å²) >= 11 is 0. The van der Waals surface area contributed by atoms with E-state index in [1.165, 1.54) is 0 Å². The van der Waals surface area contributed by atoms with Crippen LogP contribution in [0.5, 0.6) is 5.75 Å². The fraction of sp³-hybridized carbons (Fsp3) is 0.700. The number of aromatic hydroxyl groups is 1. The molecule has 1 aromatic carbocycles. The number of unbranched alkanes of at least 4 members (excludes halogenated alkanes) is 1. The Bertz CT molecular complexity index is 494. The van der Waals surface area contributed by atoms with Crippen molar-refractivity contribution in [1.29, 1.82) is 0 Å². The zero-order valence-electron chi connectivity index (χ0n) is 15.7. The molecule has 0 aliphatic heterocycles. The van der Waals surface area contributed by atoms with E-state index in [0.717, 1.165) is 49.0 Å². The van der Waals surface area contributed by atoms with Crippen LogP contribution in [-0.2, 0) is 11.8 Å². The number of aliphatic hydroxyl groups excluding tert-OH is 2. The maximum Gasteiger partial charge on any atom is 0.122 e. The number of phenolic OH excluding ortho intramolecular Hbond substituents is 1. The van der Waals surface area contributed by atoms with Gasteiger partial charge in [-0.05, 0) is 67.8 Å². The molecule has 0 amide bonds. The minimum absolute atomic E-state index is 0.115. The fourth-order valence-electron chi connectivity index (χ4n) is 2.89. The molecule has 1 atom stereocenters. The van der Waals surface area contributed by atoms with Gasteiger partial charge in [-0.1, -0.05) is 32.9 Å². The highest BCUT2D eigenvalue weighted by Gasteiger charge is 2.22. The van der Waals surface area contributed by atoms with E-state index in [0.29, 0.717) is 18.6 Å². The third-order valence-corrected chi connectivity index (χ3v) is 4.42. The summed E-state index contributed by atoms with van der Waals surface area (Å²) in [6.07, 6.45) is 3.48. The average molecular weight is 338 g/mol. The highest BCUT2D eigenvalue weighted by molar-refractivity contribution is 5.48. The lowest BCUT2D eigenvalue weighted by atomic mass is 9.83. The van der Waals surface area contributed by atoms with Crippen molar-refractivity contribution in [2.75, 3.05) is 19.7 Å². The Labute approximate surface area is 146 Å². The first-order chi connectivity index (χ1) is 11.3. The van der Waals surface area contributed by atoms with Crippen LogP contribution in [0.4, 0.5) is 0 Å². The predicted molar refractivity (Wildman–Crippen MR) is 99.7 cm³/mol. The normalized spacial score (nSPS) is 13.2. The van der Waals surface area contributed by atoms with Gasteiger partial charge >= 0.3 is 0 Å². The Morgan fingerprint density at radius 1 is 1.08 bits per heavy atom. The smallest absolute Gasteiger partial charge is 0.122 e. The van der Waals surface area contributed by atoms with Crippen molar-refractivity contribution >= 4 is 0 Å². The molecule has 4 N–H and O–H groups in total. The Hall–Kier alpha value is -1.10.